The van der Waals surface area contributed by atoms with Gasteiger partial charge < -0.3 is 9.84 Å². The van der Waals surface area contributed by atoms with Gasteiger partial charge in [0, 0.05) is 11.1 Å². The SMILES string of the molecule is O=C(C(=O)c1ccccc1)c1ccccc1.OCC1CO1. The molecule has 2 aromatic rings. The average molecular weight is 284 g/mol. The molecule has 1 aliphatic heterocycles. The third-order valence-corrected chi connectivity index (χ3v) is 2.88. The van der Waals surface area contributed by atoms with Gasteiger partial charge in [-0.2, -0.15) is 0 Å². The van der Waals surface area contributed by atoms with Crippen LogP contribution in [-0.4, -0.2) is 36.0 Å². The van der Waals surface area contributed by atoms with Gasteiger partial charge in [0.25, 0.3) is 0 Å². The molecule has 0 radical (unpaired) electrons. The lowest BCUT2D eigenvalue weighted by Crippen LogP contribution is -2.14. The average Bonchev–Trinajstić information content (AvgIpc) is 3.40. The van der Waals surface area contributed by atoms with Gasteiger partial charge in [-0.25, -0.2) is 0 Å². The molecule has 1 aliphatic rings. The maximum absolute atomic E-state index is 11.8. The molecule has 0 saturated carbocycles. The number of Topliss-reactive ketones (excluding diaryl/α,β-unsaturated/α-hetero) is 2. The van der Waals surface area contributed by atoms with Crippen LogP contribution in [0.15, 0.2) is 60.7 Å². The molecule has 0 amide bonds. The summed E-state index contributed by atoms with van der Waals surface area (Å²) in [4.78, 5) is 23.6. The largest absolute Gasteiger partial charge is 0.394 e. The van der Waals surface area contributed by atoms with Crippen LogP contribution in [0, 0.1) is 0 Å². The Morgan fingerprint density at radius 1 is 0.905 bits per heavy atom. The number of hydrogen-bond donors (Lipinski definition) is 1. The van der Waals surface area contributed by atoms with Crippen LogP contribution in [0.5, 0.6) is 0 Å². The number of carbonyl (C=O) groups is 2. The predicted molar refractivity (Wildman–Crippen MR) is 78.4 cm³/mol. The second-order valence-electron chi connectivity index (χ2n) is 4.53. The van der Waals surface area contributed by atoms with Crippen LogP contribution in [0.4, 0.5) is 0 Å². The summed E-state index contributed by atoms with van der Waals surface area (Å²) in [6.07, 6.45) is 0.190. The molecule has 3 rings (SSSR count). The van der Waals surface area contributed by atoms with Crippen LogP contribution in [0.1, 0.15) is 20.7 Å². The summed E-state index contributed by atoms with van der Waals surface area (Å²) in [6, 6.07) is 17.2. The third-order valence-electron chi connectivity index (χ3n) is 2.88. The van der Waals surface area contributed by atoms with Crippen molar-refractivity contribution in [2.24, 2.45) is 0 Å². The van der Waals surface area contributed by atoms with E-state index in [2.05, 4.69) is 4.74 Å². The Kier molecular flexibility index (Phi) is 5.37. The summed E-state index contributed by atoms with van der Waals surface area (Å²) < 4.78 is 4.61. The van der Waals surface area contributed by atoms with E-state index in [-0.39, 0.29) is 12.7 Å². The summed E-state index contributed by atoms with van der Waals surface area (Å²) in [6.45, 7) is 0.955. The van der Waals surface area contributed by atoms with Crippen molar-refractivity contribution in [3.05, 3.63) is 71.8 Å². The van der Waals surface area contributed by atoms with Gasteiger partial charge in [0.2, 0.25) is 11.6 Å². The van der Waals surface area contributed by atoms with E-state index in [1.54, 1.807) is 48.5 Å². The first kappa shape index (κ1) is 15.1. The molecule has 21 heavy (non-hydrogen) atoms. The Morgan fingerprint density at radius 2 is 1.29 bits per heavy atom. The Morgan fingerprint density at radius 3 is 1.52 bits per heavy atom. The monoisotopic (exact) mass is 284 g/mol. The smallest absolute Gasteiger partial charge is 0.233 e. The Bertz CT molecular complexity index is 539. The van der Waals surface area contributed by atoms with Gasteiger partial charge >= 0.3 is 0 Å². The molecule has 1 atom stereocenters. The fourth-order valence-corrected chi connectivity index (χ4v) is 1.61. The Hall–Kier alpha value is -2.30. The molecule has 1 saturated heterocycles. The summed E-state index contributed by atoms with van der Waals surface area (Å²) in [5.41, 5.74) is 0.854. The van der Waals surface area contributed by atoms with E-state index < -0.39 is 11.6 Å². The number of ketones is 2. The molecule has 1 N–H and O–H groups in total. The van der Waals surface area contributed by atoms with E-state index in [1.165, 1.54) is 0 Å². The lowest BCUT2D eigenvalue weighted by Gasteiger charge is -1.99. The van der Waals surface area contributed by atoms with Gasteiger partial charge in [0.05, 0.1) is 13.2 Å². The van der Waals surface area contributed by atoms with Gasteiger partial charge in [-0.3, -0.25) is 9.59 Å². The van der Waals surface area contributed by atoms with Crippen LogP contribution < -0.4 is 0 Å². The van der Waals surface area contributed by atoms with Gasteiger partial charge in [0.15, 0.2) is 0 Å². The van der Waals surface area contributed by atoms with E-state index in [4.69, 9.17) is 5.11 Å². The van der Waals surface area contributed by atoms with Crippen LogP contribution in [0.3, 0.4) is 0 Å². The van der Waals surface area contributed by atoms with Gasteiger partial charge in [-0.15, -0.1) is 0 Å². The van der Waals surface area contributed by atoms with E-state index in [0.717, 1.165) is 6.61 Å². The van der Waals surface area contributed by atoms with Crippen molar-refractivity contribution in [2.45, 2.75) is 6.10 Å². The minimum absolute atomic E-state index is 0.190. The normalized spacial score (nSPS) is 15.6. The molecular formula is C17H16O4. The van der Waals surface area contributed by atoms with Crippen molar-refractivity contribution < 1.29 is 19.4 Å². The first-order chi connectivity index (χ1) is 10.2. The van der Waals surface area contributed by atoms with Crippen molar-refractivity contribution in [3.63, 3.8) is 0 Å². The van der Waals surface area contributed by atoms with Crippen LogP contribution >= 0.6 is 0 Å². The number of benzene rings is 2. The maximum Gasteiger partial charge on any atom is 0.233 e. The van der Waals surface area contributed by atoms with Crippen molar-refractivity contribution in [2.75, 3.05) is 13.2 Å². The molecule has 1 fully saturated rings. The lowest BCUT2D eigenvalue weighted by molar-refractivity contribution is 0.0817. The number of aliphatic hydroxyl groups excluding tert-OH is 1. The fourth-order valence-electron chi connectivity index (χ4n) is 1.61. The molecule has 1 heterocycles. The summed E-state index contributed by atoms with van der Waals surface area (Å²) in [7, 11) is 0. The molecule has 0 bridgehead atoms. The molecule has 4 nitrogen and oxygen atoms in total. The Labute approximate surface area is 123 Å². The number of rotatable bonds is 4. The second-order valence-corrected chi connectivity index (χ2v) is 4.53. The topological polar surface area (TPSA) is 66.9 Å². The van der Waals surface area contributed by atoms with Crippen LogP contribution in [-0.2, 0) is 4.74 Å². The number of aliphatic hydroxyl groups is 1. The highest BCUT2D eigenvalue weighted by atomic mass is 16.6. The third kappa shape index (κ3) is 4.63. The minimum atomic E-state index is -0.466. The maximum atomic E-state index is 11.8. The van der Waals surface area contributed by atoms with Gasteiger partial charge in [-0.1, -0.05) is 60.7 Å². The molecule has 0 aromatic heterocycles. The highest BCUT2D eigenvalue weighted by Gasteiger charge is 2.19. The number of hydrogen-bond acceptors (Lipinski definition) is 4. The zero-order chi connectivity index (χ0) is 15.1. The standard InChI is InChI=1S/C14H10O2.C3H6O2/c15-13(11-7-3-1-4-8-11)14(16)12-9-5-2-6-10-12;4-1-3-2-5-3/h1-10H;3-4H,1-2H2. The van der Waals surface area contributed by atoms with Crippen LogP contribution in [0.25, 0.3) is 0 Å². The number of carbonyl (C=O) groups excluding carboxylic acids is 2. The molecule has 4 heteroatoms. The first-order valence-corrected chi connectivity index (χ1v) is 6.64. The van der Waals surface area contributed by atoms with E-state index in [9.17, 15) is 9.59 Å². The zero-order valence-electron chi connectivity index (χ0n) is 11.4. The molecule has 2 aromatic carbocycles. The molecule has 108 valence electrons. The molecule has 0 aliphatic carbocycles. The van der Waals surface area contributed by atoms with Gasteiger partial charge in [0.1, 0.15) is 6.10 Å². The zero-order valence-corrected chi connectivity index (χ0v) is 11.4. The quantitative estimate of drug-likeness (QED) is 0.530. The van der Waals surface area contributed by atoms with E-state index in [1.807, 2.05) is 12.1 Å². The first-order valence-electron chi connectivity index (χ1n) is 6.64. The van der Waals surface area contributed by atoms with Crippen molar-refractivity contribution in [3.8, 4) is 0 Å². The summed E-state index contributed by atoms with van der Waals surface area (Å²) in [5, 5.41) is 8.08. The lowest BCUT2D eigenvalue weighted by atomic mass is 10.0. The highest BCUT2D eigenvalue weighted by molar-refractivity contribution is 6.49. The van der Waals surface area contributed by atoms with Crippen LogP contribution in [0.2, 0.25) is 0 Å². The molecular weight excluding hydrogens is 268 g/mol. The van der Waals surface area contributed by atoms with E-state index >= 15 is 0 Å². The minimum Gasteiger partial charge on any atom is -0.394 e. The summed E-state index contributed by atoms with van der Waals surface area (Å²) in [5.74, 6) is -0.932. The summed E-state index contributed by atoms with van der Waals surface area (Å²) >= 11 is 0. The number of epoxide rings is 1. The highest BCUT2D eigenvalue weighted by Crippen LogP contribution is 2.07. The van der Waals surface area contributed by atoms with Crippen molar-refractivity contribution in [1.82, 2.24) is 0 Å². The van der Waals surface area contributed by atoms with Crippen molar-refractivity contribution in [1.29, 1.82) is 0 Å². The van der Waals surface area contributed by atoms with E-state index in [0.29, 0.717) is 11.1 Å². The Balaban J connectivity index is 0.000000272. The molecule has 1 unspecified atom stereocenters. The number of ether oxygens (including phenoxy) is 1. The van der Waals surface area contributed by atoms with Gasteiger partial charge in [-0.05, 0) is 0 Å². The molecule has 0 spiro atoms. The second kappa shape index (κ2) is 7.47. The predicted octanol–water partition coefficient (Wildman–Crippen LogP) is 2.13. The fraction of sp³-hybridized carbons (Fsp3) is 0.176. The van der Waals surface area contributed by atoms with Crippen molar-refractivity contribution >= 4 is 11.6 Å².